The number of hydrogen-bond donors (Lipinski definition) is 5. The van der Waals surface area contributed by atoms with Crippen LogP contribution >= 0.6 is 0 Å². The summed E-state index contributed by atoms with van der Waals surface area (Å²) in [6.45, 7) is 8.50. The number of amides is 3. The number of nitrogens with zero attached hydrogens (tertiary/aromatic N) is 2. The first-order valence-corrected chi connectivity index (χ1v) is 16.9. The maximum Gasteiger partial charge on any atom is 0.270 e. The van der Waals surface area contributed by atoms with Crippen LogP contribution in [0.4, 0.5) is 0 Å². The van der Waals surface area contributed by atoms with E-state index in [9.17, 15) is 19.5 Å². The smallest absolute Gasteiger partial charge is 0.270 e. The van der Waals surface area contributed by atoms with Gasteiger partial charge in [-0.2, -0.15) is 0 Å². The molecule has 0 spiro atoms. The molecule has 4 rings (SSSR count). The summed E-state index contributed by atoms with van der Waals surface area (Å²) in [7, 11) is 0. The van der Waals surface area contributed by atoms with Crippen molar-refractivity contribution in [2.75, 3.05) is 19.6 Å². The van der Waals surface area contributed by atoms with Gasteiger partial charge in [0.1, 0.15) is 11.7 Å². The molecule has 1 saturated carbocycles. The second-order valence-corrected chi connectivity index (χ2v) is 14.1. The van der Waals surface area contributed by atoms with Crippen molar-refractivity contribution < 1.29 is 19.5 Å². The third kappa shape index (κ3) is 12.0. The highest BCUT2D eigenvalue weighted by molar-refractivity contribution is 5.99. The molecule has 3 aromatic rings. The van der Waals surface area contributed by atoms with Gasteiger partial charge in [0.15, 0.2) is 0 Å². The molecule has 2 aromatic carbocycles. The van der Waals surface area contributed by atoms with E-state index in [2.05, 4.69) is 46.8 Å². The Morgan fingerprint density at radius 3 is 2.36 bits per heavy atom. The Labute approximate surface area is 278 Å². The van der Waals surface area contributed by atoms with Crippen LogP contribution in [0, 0.1) is 11.3 Å². The summed E-state index contributed by atoms with van der Waals surface area (Å²) in [6.07, 6.45) is 6.01. The summed E-state index contributed by atoms with van der Waals surface area (Å²) >= 11 is 0. The van der Waals surface area contributed by atoms with Gasteiger partial charge in [0, 0.05) is 25.0 Å². The molecular formula is C37H52N6O4. The van der Waals surface area contributed by atoms with Gasteiger partial charge in [-0.3, -0.25) is 19.8 Å². The summed E-state index contributed by atoms with van der Waals surface area (Å²) in [6, 6.07) is 18.4. The Kier molecular flexibility index (Phi) is 13.3. The van der Waals surface area contributed by atoms with Crippen LogP contribution in [0.15, 0.2) is 66.7 Å². The van der Waals surface area contributed by atoms with Gasteiger partial charge in [0.25, 0.3) is 5.91 Å². The Bertz CT molecular complexity index is 1450. The van der Waals surface area contributed by atoms with Gasteiger partial charge in [-0.1, -0.05) is 94.6 Å². The number of aromatic nitrogens is 1. The highest BCUT2D eigenvalue weighted by Gasteiger charge is 2.30. The largest absolute Gasteiger partial charge is 0.390 e. The van der Waals surface area contributed by atoms with Crippen LogP contribution in [0.25, 0.3) is 10.9 Å². The minimum absolute atomic E-state index is 0.117. The molecule has 3 atom stereocenters. The Morgan fingerprint density at radius 2 is 1.66 bits per heavy atom. The average Bonchev–Trinajstić information content (AvgIpc) is 3.04. The van der Waals surface area contributed by atoms with Crippen molar-refractivity contribution in [1.29, 1.82) is 0 Å². The van der Waals surface area contributed by atoms with Crippen LogP contribution in [0.1, 0.15) is 81.8 Å². The topological polar surface area (TPSA) is 150 Å². The molecule has 1 aliphatic carbocycles. The molecule has 10 heteroatoms. The van der Waals surface area contributed by atoms with Crippen LogP contribution in [0.2, 0.25) is 0 Å². The number of nitrogens with one attached hydrogen (secondary N) is 3. The summed E-state index contributed by atoms with van der Waals surface area (Å²) in [4.78, 5) is 43.4. The zero-order chi connectivity index (χ0) is 33.8. The van der Waals surface area contributed by atoms with Crippen molar-refractivity contribution in [1.82, 2.24) is 26.1 Å². The van der Waals surface area contributed by atoms with Crippen LogP contribution in [-0.2, 0) is 16.0 Å². The lowest BCUT2D eigenvalue weighted by atomic mass is 9.89. The first kappa shape index (κ1) is 36.0. The van der Waals surface area contributed by atoms with Crippen LogP contribution < -0.4 is 21.8 Å². The fourth-order valence-corrected chi connectivity index (χ4v) is 6.10. The number of pyridine rings is 1. The van der Waals surface area contributed by atoms with Crippen LogP contribution in [-0.4, -0.2) is 70.6 Å². The van der Waals surface area contributed by atoms with Gasteiger partial charge in [-0.05, 0) is 54.7 Å². The number of aliphatic hydroxyl groups excluding tert-OH is 1. The zero-order valence-corrected chi connectivity index (χ0v) is 28.1. The van der Waals surface area contributed by atoms with E-state index in [-0.39, 0.29) is 11.1 Å². The predicted octanol–water partition coefficient (Wildman–Crippen LogP) is 4.12. The summed E-state index contributed by atoms with van der Waals surface area (Å²) in [5.41, 5.74) is 10.9. The maximum absolute atomic E-state index is 13.8. The van der Waals surface area contributed by atoms with Crippen molar-refractivity contribution in [3.63, 3.8) is 0 Å². The van der Waals surface area contributed by atoms with Gasteiger partial charge < -0.3 is 21.5 Å². The van der Waals surface area contributed by atoms with Crippen molar-refractivity contribution in [3.8, 4) is 0 Å². The Balaban J connectivity index is 1.50. The molecule has 254 valence electrons. The molecule has 1 aromatic heterocycles. The van der Waals surface area contributed by atoms with Gasteiger partial charge in [-0.25, -0.2) is 9.99 Å². The van der Waals surface area contributed by atoms with E-state index in [1.807, 2.05) is 48.5 Å². The lowest BCUT2D eigenvalue weighted by molar-refractivity contribution is -0.128. The fraction of sp³-hybridized carbons (Fsp3) is 0.514. The lowest BCUT2D eigenvalue weighted by Crippen LogP contribution is -2.57. The number of nitrogens with two attached hydrogens (primary N) is 1. The van der Waals surface area contributed by atoms with E-state index in [1.165, 1.54) is 19.3 Å². The second kappa shape index (κ2) is 17.3. The molecule has 0 radical (unpaired) electrons. The van der Waals surface area contributed by atoms with Crippen molar-refractivity contribution in [3.05, 3.63) is 78.0 Å². The van der Waals surface area contributed by atoms with E-state index < -0.39 is 42.3 Å². The molecule has 2 unspecified atom stereocenters. The van der Waals surface area contributed by atoms with Gasteiger partial charge in [0.05, 0.1) is 24.1 Å². The number of fused-ring (bicyclic) bond motifs is 1. The number of para-hydroxylation sites is 1. The summed E-state index contributed by atoms with van der Waals surface area (Å²) in [5.74, 6) is -1.39. The van der Waals surface area contributed by atoms with Gasteiger partial charge >= 0.3 is 0 Å². The molecule has 1 fully saturated rings. The highest BCUT2D eigenvalue weighted by Crippen LogP contribution is 2.25. The normalized spacial score (nSPS) is 16.0. The maximum atomic E-state index is 13.8. The zero-order valence-electron chi connectivity index (χ0n) is 28.1. The molecule has 1 aliphatic rings. The predicted molar refractivity (Wildman–Crippen MR) is 185 cm³/mol. The molecular weight excluding hydrogens is 592 g/mol. The van der Waals surface area contributed by atoms with Gasteiger partial charge in [0.2, 0.25) is 11.8 Å². The first-order chi connectivity index (χ1) is 22.5. The van der Waals surface area contributed by atoms with E-state index >= 15 is 0 Å². The van der Waals surface area contributed by atoms with E-state index in [1.54, 1.807) is 18.2 Å². The minimum atomic E-state index is -1.25. The number of carbonyl (C=O) groups excluding carboxylic acids is 3. The molecule has 0 aliphatic heterocycles. The molecule has 0 bridgehead atoms. The van der Waals surface area contributed by atoms with Crippen LogP contribution in [0.3, 0.4) is 0 Å². The monoisotopic (exact) mass is 644 g/mol. The van der Waals surface area contributed by atoms with Gasteiger partial charge in [-0.15, -0.1) is 0 Å². The standard InChI is InChI=1S/C37H52N6O4/c1-37(2,3)20-21-39-43(24-27-14-8-5-9-15-27)25-33(44)31(22-26-12-6-4-7-13-26)41-36(47)32(23-34(38)45)42-35(46)30-19-18-28-16-10-11-17-29(28)40-30/h4,6-7,10-13,16-19,27,31-33,39,44H,5,8-9,14-15,20-25H2,1-3H3,(H2,38,45)(H,41,47)(H,42,46)/t31?,32-,33?/m0/s1. The number of hydrazine groups is 1. The van der Waals surface area contributed by atoms with E-state index in [4.69, 9.17) is 5.73 Å². The summed E-state index contributed by atoms with van der Waals surface area (Å²) in [5, 5.41) is 20.3. The third-order valence-corrected chi connectivity index (χ3v) is 8.77. The van der Waals surface area contributed by atoms with Crippen LogP contribution in [0.5, 0.6) is 0 Å². The van der Waals surface area contributed by atoms with E-state index in [0.717, 1.165) is 43.3 Å². The quantitative estimate of drug-likeness (QED) is 0.147. The molecule has 3 amide bonds. The fourth-order valence-electron chi connectivity index (χ4n) is 6.10. The number of carbonyl (C=O) groups is 3. The minimum Gasteiger partial charge on any atom is -0.390 e. The number of aliphatic hydroxyl groups is 1. The Morgan fingerprint density at radius 1 is 0.957 bits per heavy atom. The molecule has 0 saturated heterocycles. The summed E-state index contributed by atoms with van der Waals surface area (Å²) < 4.78 is 0. The average molecular weight is 645 g/mol. The number of benzene rings is 2. The van der Waals surface area contributed by atoms with E-state index in [0.29, 0.717) is 24.4 Å². The highest BCUT2D eigenvalue weighted by atomic mass is 16.3. The van der Waals surface area contributed by atoms with Crippen molar-refractivity contribution in [2.45, 2.75) is 90.3 Å². The molecule has 1 heterocycles. The van der Waals surface area contributed by atoms with Crippen molar-refractivity contribution >= 4 is 28.6 Å². The Hall–Kier alpha value is -3.86. The number of rotatable bonds is 16. The molecule has 47 heavy (non-hydrogen) atoms. The molecule has 10 nitrogen and oxygen atoms in total. The second-order valence-electron chi connectivity index (χ2n) is 14.1. The first-order valence-electron chi connectivity index (χ1n) is 16.9. The number of hydrogen-bond acceptors (Lipinski definition) is 7. The lowest BCUT2D eigenvalue weighted by Gasteiger charge is -2.35. The SMILES string of the molecule is CC(C)(C)CCNN(CC1CCCCC1)CC(O)C(Cc1ccccc1)NC(=O)[C@H](CC(N)=O)NC(=O)c1ccc2ccccc2n1. The van der Waals surface area contributed by atoms with Crippen molar-refractivity contribution in [2.24, 2.45) is 17.1 Å². The molecule has 6 N–H and O–H groups in total. The number of primary amides is 1. The third-order valence-electron chi connectivity index (χ3n) is 8.77.